The summed E-state index contributed by atoms with van der Waals surface area (Å²) < 4.78 is 0.942. The molecular formula is C14H22BrN3O. The summed E-state index contributed by atoms with van der Waals surface area (Å²) in [5.41, 5.74) is 1.71. The fourth-order valence-electron chi connectivity index (χ4n) is 1.54. The first kappa shape index (κ1) is 16.0. The van der Waals surface area contributed by atoms with Crippen LogP contribution in [0.1, 0.15) is 20.8 Å². The van der Waals surface area contributed by atoms with Crippen LogP contribution in [0.2, 0.25) is 0 Å². The van der Waals surface area contributed by atoms with Crippen LogP contribution >= 0.6 is 15.9 Å². The van der Waals surface area contributed by atoms with Gasteiger partial charge in [0.05, 0.1) is 17.9 Å². The fourth-order valence-corrected chi connectivity index (χ4v) is 1.90. The number of anilines is 2. The van der Waals surface area contributed by atoms with Gasteiger partial charge in [-0.3, -0.25) is 4.79 Å². The Bertz CT molecular complexity index is 452. The molecule has 0 radical (unpaired) electrons. The molecule has 0 aliphatic heterocycles. The van der Waals surface area contributed by atoms with Crippen LogP contribution in [0.25, 0.3) is 0 Å². The molecule has 106 valence electrons. The van der Waals surface area contributed by atoms with E-state index < -0.39 is 0 Å². The number of amides is 1. The zero-order chi connectivity index (χ0) is 14.6. The lowest BCUT2D eigenvalue weighted by atomic mass is 10.1. The highest BCUT2D eigenvalue weighted by atomic mass is 79.9. The number of hydrogen-bond acceptors (Lipinski definition) is 3. The zero-order valence-corrected chi connectivity index (χ0v) is 13.8. The molecule has 0 heterocycles. The summed E-state index contributed by atoms with van der Waals surface area (Å²) in [7, 11) is 3.90. The van der Waals surface area contributed by atoms with E-state index in [2.05, 4.69) is 26.6 Å². The van der Waals surface area contributed by atoms with Crippen LogP contribution in [-0.2, 0) is 4.79 Å². The largest absolute Gasteiger partial charge is 0.376 e. The van der Waals surface area contributed by atoms with E-state index >= 15 is 0 Å². The molecule has 4 nitrogen and oxygen atoms in total. The Morgan fingerprint density at radius 3 is 2.47 bits per heavy atom. The summed E-state index contributed by atoms with van der Waals surface area (Å²) in [4.78, 5) is 13.9. The first-order chi connectivity index (χ1) is 8.69. The smallest absolute Gasteiger partial charge is 0.238 e. The molecule has 0 unspecified atom stereocenters. The van der Waals surface area contributed by atoms with E-state index in [0.29, 0.717) is 6.54 Å². The molecule has 1 amide bonds. The van der Waals surface area contributed by atoms with Gasteiger partial charge in [0.25, 0.3) is 0 Å². The molecule has 0 aromatic heterocycles. The van der Waals surface area contributed by atoms with Crippen LogP contribution in [0.15, 0.2) is 22.7 Å². The minimum Gasteiger partial charge on any atom is -0.376 e. The Labute approximate surface area is 123 Å². The van der Waals surface area contributed by atoms with Gasteiger partial charge in [-0.1, -0.05) is 15.9 Å². The maximum Gasteiger partial charge on any atom is 0.238 e. The number of carbonyl (C=O) groups excluding carboxylic acids is 1. The molecule has 0 saturated heterocycles. The molecule has 0 spiro atoms. The Morgan fingerprint density at radius 1 is 1.32 bits per heavy atom. The third-order valence-corrected chi connectivity index (χ3v) is 2.99. The van der Waals surface area contributed by atoms with Crippen molar-refractivity contribution in [2.45, 2.75) is 26.3 Å². The lowest BCUT2D eigenvalue weighted by Gasteiger charge is -2.21. The van der Waals surface area contributed by atoms with Crippen molar-refractivity contribution in [2.24, 2.45) is 0 Å². The zero-order valence-electron chi connectivity index (χ0n) is 12.2. The Kier molecular flexibility index (Phi) is 5.38. The summed E-state index contributed by atoms with van der Waals surface area (Å²) in [6.45, 7) is 6.39. The van der Waals surface area contributed by atoms with E-state index in [-0.39, 0.29) is 11.4 Å². The Balaban J connectivity index is 2.76. The van der Waals surface area contributed by atoms with Crippen LogP contribution in [0.3, 0.4) is 0 Å². The van der Waals surface area contributed by atoms with Gasteiger partial charge in [0, 0.05) is 24.1 Å². The second kappa shape index (κ2) is 6.39. The standard InChI is InChI=1S/C14H22BrN3O/c1-14(2,3)16-9-13(19)17-11-8-10(15)6-7-12(11)18(4)5/h6-8,16H,9H2,1-5H3,(H,17,19). The number of hydrogen-bond donors (Lipinski definition) is 2. The maximum absolute atomic E-state index is 11.9. The average molecular weight is 328 g/mol. The van der Waals surface area contributed by atoms with Crippen molar-refractivity contribution < 1.29 is 4.79 Å². The van der Waals surface area contributed by atoms with Gasteiger partial charge in [-0.25, -0.2) is 0 Å². The van der Waals surface area contributed by atoms with Crippen LogP contribution in [0.5, 0.6) is 0 Å². The van der Waals surface area contributed by atoms with Crippen LogP contribution in [0.4, 0.5) is 11.4 Å². The fraction of sp³-hybridized carbons (Fsp3) is 0.500. The van der Waals surface area contributed by atoms with Gasteiger partial charge in [-0.05, 0) is 39.0 Å². The average Bonchev–Trinajstić information content (AvgIpc) is 2.25. The van der Waals surface area contributed by atoms with Gasteiger partial charge < -0.3 is 15.5 Å². The van der Waals surface area contributed by atoms with Crippen molar-refractivity contribution in [3.05, 3.63) is 22.7 Å². The number of halogens is 1. The molecular weight excluding hydrogens is 306 g/mol. The monoisotopic (exact) mass is 327 g/mol. The first-order valence-corrected chi connectivity index (χ1v) is 7.00. The summed E-state index contributed by atoms with van der Waals surface area (Å²) >= 11 is 3.42. The van der Waals surface area contributed by atoms with E-state index in [1.54, 1.807) is 0 Å². The Hall–Kier alpha value is -1.07. The summed E-state index contributed by atoms with van der Waals surface area (Å²) in [6, 6.07) is 5.83. The molecule has 1 aromatic carbocycles. The van der Waals surface area contributed by atoms with E-state index in [9.17, 15) is 4.79 Å². The topological polar surface area (TPSA) is 44.4 Å². The number of nitrogens with zero attached hydrogens (tertiary/aromatic N) is 1. The third-order valence-electron chi connectivity index (χ3n) is 2.49. The van der Waals surface area contributed by atoms with Crippen molar-refractivity contribution in [1.82, 2.24) is 5.32 Å². The van der Waals surface area contributed by atoms with Crippen molar-refractivity contribution in [3.8, 4) is 0 Å². The number of carbonyl (C=O) groups is 1. The van der Waals surface area contributed by atoms with Gasteiger partial charge in [0.1, 0.15) is 0 Å². The van der Waals surface area contributed by atoms with Gasteiger partial charge in [0.15, 0.2) is 0 Å². The summed E-state index contributed by atoms with van der Waals surface area (Å²) in [5.74, 6) is -0.0453. The van der Waals surface area contributed by atoms with Gasteiger partial charge in [-0.2, -0.15) is 0 Å². The van der Waals surface area contributed by atoms with Gasteiger partial charge >= 0.3 is 0 Å². The molecule has 0 bridgehead atoms. The van der Waals surface area contributed by atoms with E-state index in [4.69, 9.17) is 0 Å². The molecule has 0 aliphatic carbocycles. The van der Waals surface area contributed by atoms with Crippen molar-refractivity contribution in [1.29, 1.82) is 0 Å². The molecule has 0 atom stereocenters. The molecule has 0 fully saturated rings. The highest BCUT2D eigenvalue weighted by molar-refractivity contribution is 9.10. The van der Waals surface area contributed by atoms with E-state index in [0.717, 1.165) is 15.8 Å². The SMILES string of the molecule is CN(C)c1ccc(Br)cc1NC(=O)CNC(C)(C)C. The van der Waals surface area contributed by atoms with Crippen molar-refractivity contribution in [2.75, 3.05) is 30.9 Å². The lowest BCUT2D eigenvalue weighted by molar-refractivity contribution is -0.115. The van der Waals surface area contributed by atoms with E-state index in [1.807, 2.05) is 58.0 Å². The van der Waals surface area contributed by atoms with Crippen LogP contribution < -0.4 is 15.5 Å². The molecule has 0 aliphatic rings. The predicted molar refractivity (Wildman–Crippen MR) is 84.9 cm³/mol. The highest BCUT2D eigenvalue weighted by Crippen LogP contribution is 2.27. The van der Waals surface area contributed by atoms with Crippen LogP contribution in [-0.4, -0.2) is 32.1 Å². The third kappa shape index (κ3) is 5.61. The van der Waals surface area contributed by atoms with Crippen LogP contribution in [0, 0.1) is 0 Å². The lowest BCUT2D eigenvalue weighted by Crippen LogP contribution is -2.41. The minimum absolute atomic E-state index is 0.0453. The maximum atomic E-state index is 11.9. The molecule has 5 heteroatoms. The number of rotatable bonds is 4. The highest BCUT2D eigenvalue weighted by Gasteiger charge is 2.13. The van der Waals surface area contributed by atoms with Gasteiger partial charge in [-0.15, -0.1) is 0 Å². The molecule has 19 heavy (non-hydrogen) atoms. The number of benzene rings is 1. The predicted octanol–water partition coefficient (Wildman–Crippen LogP) is 2.84. The molecule has 0 saturated carbocycles. The molecule has 1 aromatic rings. The van der Waals surface area contributed by atoms with Crippen molar-refractivity contribution in [3.63, 3.8) is 0 Å². The van der Waals surface area contributed by atoms with Crippen molar-refractivity contribution >= 4 is 33.2 Å². The Morgan fingerprint density at radius 2 is 1.95 bits per heavy atom. The second-order valence-corrected chi connectivity index (χ2v) is 6.62. The number of nitrogens with one attached hydrogen (secondary N) is 2. The van der Waals surface area contributed by atoms with E-state index in [1.165, 1.54) is 0 Å². The quantitative estimate of drug-likeness (QED) is 0.893. The molecule has 1 rings (SSSR count). The van der Waals surface area contributed by atoms with Gasteiger partial charge in [0.2, 0.25) is 5.91 Å². The summed E-state index contributed by atoms with van der Waals surface area (Å²) in [6.07, 6.45) is 0. The first-order valence-electron chi connectivity index (χ1n) is 6.21. The minimum atomic E-state index is -0.0704. The summed E-state index contributed by atoms with van der Waals surface area (Å²) in [5, 5.41) is 6.10. The molecule has 2 N–H and O–H groups in total. The normalized spacial score (nSPS) is 11.3. The second-order valence-electron chi connectivity index (χ2n) is 5.71.